The van der Waals surface area contributed by atoms with Gasteiger partial charge in [0.1, 0.15) is 5.82 Å². The van der Waals surface area contributed by atoms with Crippen LogP contribution in [0.25, 0.3) is 0 Å². The highest BCUT2D eigenvalue weighted by atomic mass is 19.1. The number of rotatable bonds is 6. The van der Waals surface area contributed by atoms with Crippen molar-refractivity contribution in [2.24, 2.45) is 5.73 Å². The Morgan fingerprint density at radius 2 is 1.79 bits per heavy atom. The molecule has 0 saturated carbocycles. The second-order valence-corrected chi connectivity index (χ2v) is 4.58. The summed E-state index contributed by atoms with van der Waals surface area (Å²) in [6.07, 6.45) is 0. The molecule has 0 radical (unpaired) electrons. The zero-order valence-corrected chi connectivity index (χ0v) is 12.5. The summed E-state index contributed by atoms with van der Waals surface area (Å²) < 4.78 is 41.6. The van der Waals surface area contributed by atoms with Crippen LogP contribution in [0.3, 0.4) is 0 Å². The van der Waals surface area contributed by atoms with Gasteiger partial charge in [0, 0.05) is 6.07 Å². The number of hydrogen-bond acceptors (Lipinski definition) is 5. The molecule has 0 bridgehead atoms. The predicted octanol–water partition coefficient (Wildman–Crippen LogP) is 2.06. The van der Waals surface area contributed by atoms with Crippen molar-refractivity contribution in [1.82, 2.24) is 0 Å². The van der Waals surface area contributed by atoms with Gasteiger partial charge in [0.2, 0.25) is 0 Å². The van der Waals surface area contributed by atoms with Gasteiger partial charge in [0.15, 0.2) is 29.7 Å². The fraction of sp³-hybridized carbons (Fsp3) is 0.125. The Hall–Kier alpha value is -3.16. The van der Waals surface area contributed by atoms with Crippen molar-refractivity contribution in [3.8, 4) is 17.2 Å². The molecule has 0 heterocycles. The monoisotopic (exact) mass is 337 g/mol. The van der Waals surface area contributed by atoms with Gasteiger partial charge in [-0.3, -0.25) is 4.79 Å². The Kier molecular flexibility index (Phi) is 5.31. The van der Waals surface area contributed by atoms with E-state index < -0.39 is 29.3 Å². The smallest absolute Gasteiger partial charge is 0.343 e. The predicted molar refractivity (Wildman–Crippen MR) is 79.0 cm³/mol. The van der Waals surface area contributed by atoms with Gasteiger partial charge in [-0.15, -0.1) is 0 Å². The van der Waals surface area contributed by atoms with E-state index in [1.54, 1.807) is 0 Å². The zero-order chi connectivity index (χ0) is 17.7. The molecule has 0 saturated heterocycles. The third-order valence-corrected chi connectivity index (χ3v) is 2.87. The van der Waals surface area contributed by atoms with E-state index in [0.29, 0.717) is 0 Å². The summed E-state index contributed by atoms with van der Waals surface area (Å²) >= 11 is 0. The zero-order valence-electron chi connectivity index (χ0n) is 12.5. The van der Waals surface area contributed by atoms with Crippen LogP contribution in [0, 0.1) is 11.6 Å². The lowest BCUT2D eigenvalue weighted by Gasteiger charge is -2.11. The van der Waals surface area contributed by atoms with Crippen LogP contribution >= 0.6 is 0 Å². The number of carbonyl (C=O) groups is 2. The van der Waals surface area contributed by atoms with E-state index in [2.05, 4.69) is 0 Å². The molecule has 2 aromatic carbocycles. The van der Waals surface area contributed by atoms with E-state index in [1.165, 1.54) is 25.3 Å². The van der Waals surface area contributed by atoms with E-state index in [1.807, 2.05) is 0 Å². The lowest BCUT2D eigenvalue weighted by atomic mass is 10.2. The van der Waals surface area contributed by atoms with E-state index in [-0.39, 0.29) is 23.7 Å². The quantitative estimate of drug-likeness (QED) is 0.644. The molecule has 24 heavy (non-hydrogen) atoms. The SMILES string of the molecule is COc1cc(C(=O)Oc2cc(F)ccc2F)ccc1OCC(N)=O. The van der Waals surface area contributed by atoms with Crippen molar-refractivity contribution in [3.63, 3.8) is 0 Å². The molecule has 0 aliphatic rings. The summed E-state index contributed by atoms with van der Waals surface area (Å²) in [5.74, 6) is -3.42. The average molecular weight is 337 g/mol. The fourth-order valence-electron chi connectivity index (χ4n) is 1.78. The van der Waals surface area contributed by atoms with Gasteiger partial charge in [0.05, 0.1) is 12.7 Å². The summed E-state index contributed by atoms with van der Waals surface area (Å²) in [7, 11) is 1.33. The topological polar surface area (TPSA) is 87.8 Å². The molecule has 0 atom stereocenters. The van der Waals surface area contributed by atoms with Gasteiger partial charge in [-0.2, -0.15) is 0 Å². The number of hydrogen-bond donors (Lipinski definition) is 1. The third kappa shape index (κ3) is 4.19. The van der Waals surface area contributed by atoms with Crippen LogP contribution in [0.2, 0.25) is 0 Å². The molecule has 2 rings (SSSR count). The third-order valence-electron chi connectivity index (χ3n) is 2.87. The van der Waals surface area contributed by atoms with Gasteiger partial charge in [0.25, 0.3) is 5.91 Å². The van der Waals surface area contributed by atoms with Crippen LogP contribution in [0.15, 0.2) is 36.4 Å². The van der Waals surface area contributed by atoms with Gasteiger partial charge in [-0.1, -0.05) is 0 Å². The summed E-state index contributed by atoms with van der Waals surface area (Å²) in [6, 6.07) is 6.46. The number of esters is 1. The number of nitrogens with two attached hydrogens (primary N) is 1. The summed E-state index contributed by atoms with van der Waals surface area (Å²) in [5, 5.41) is 0. The molecule has 2 N–H and O–H groups in total. The molecule has 126 valence electrons. The average Bonchev–Trinajstić information content (AvgIpc) is 2.56. The number of amides is 1. The number of benzene rings is 2. The summed E-state index contributed by atoms with van der Waals surface area (Å²) in [4.78, 5) is 22.8. The van der Waals surface area contributed by atoms with Crippen molar-refractivity contribution >= 4 is 11.9 Å². The van der Waals surface area contributed by atoms with Gasteiger partial charge < -0.3 is 19.9 Å². The molecule has 0 spiro atoms. The maximum absolute atomic E-state index is 13.5. The van der Waals surface area contributed by atoms with Crippen molar-refractivity contribution in [2.45, 2.75) is 0 Å². The number of primary amides is 1. The van der Waals surface area contributed by atoms with Gasteiger partial charge >= 0.3 is 5.97 Å². The summed E-state index contributed by atoms with van der Waals surface area (Å²) in [6.45, 7) is -0.366. The Balaban J connectivity index is 2.20. The van der Waals surface area contributed by atoms with Gasteiger partial charge in [-0.05, 0) is 30.3 Å². The Labute approximate surface area is 135 Å². The highest BCUT2D eigenvalue weighted by Crippen LogP contribution is 2.29. The lowest BCUT2D eigenvalue weighted by molar-refractivity contribution is -0.119. The van der Waals surface area contributed by atoms with Crippen molar-refractivity contribution < 1.29 is 32.6 Å². The molecule has 0 aliphatic carbocycles. The number of methoxy groups -OCH3 is 1. The molecule has 8 heteroatoms. The first kappa shape index (κ1) is 17.2. The molecule has 2 aromatic rings. The highest BCUT2D eigenvalue weighted by molar-refractivity contribution is 5.92. The van der Waals surface area contributed by atoms with E-state index in [4.69, 9.17) is 19.9 Å². The minimum Gasteiger partial charge on any atom is -0.493 e. The van der Waals surface area contributed by atoms with Crippen LogP contribution in [0.4, 0.5) is 8.78 Å². The van der Waals surface area contributed by atoms with Crippen LogP contribution in [0.5, 0.6) is 17.2 Å². The Morgan fingerprint density at radius 3 is 2.46 bits per heavy atom. The van der Waals surface area contributed by atoms with Crippen LogP contribution in [-0.2, 0) is 4.79 Å². The van der Waals surface area contributed by atoms with E-state index >= 15 is 0 Å². The first-order valence-corrected chi connectivity index (χ1v) is 6.67. The Bertz CT molecular complexity index is 779. The molecule has 1 amide bonds. The van der Waals surface area contributed by atoms with Crippen LogP contribution in [-0.4, -0.2) is 25.6 Å². The molecular weight excluding hydrogens is 324 g/mol. The summed E-state index contributed by atoms with van der Waals surface area (Å²) in [5.41, 5.74) is 4.99. The minimum atomic E-state index is -0.917. The maximum atomic E-state index is 13.5. The van der Waals surface area contributed by atoms with Crippen LogP contribution < -0.4 is 19.9 Å². The first-order chi connectivity index (χ1) is 11.4. The number of halogens is 2. The highest BCUT2D eigenvalue weighted by Gasteiger charge is 2.16. The van der Waals surface area contributed by atoms with Crippen molar-refractivity contribution in [2.75, 3.05) is 13.7 Å². The molecule has 0 unspecified atom stereocenters. The normalized spacial score (nSPS) is 10.1. The standard InChI is InChI=1S/C16H13F2NO5/c1-22-14-6-9(2-5-12(14)23-8-15(19)20)16(21)24-13-7-10(17)3-4-11(13)18/h2-7H,8H2,1H3,(H2,19,20). The number of carbonyl (C=O) groups excluding carboxylic acids is 2. The maximum Gasteiger partial charge on any atom is 0.343 e. The number of ether oxygens (including phenoxy) is 3. The second kappa shape index (κ2) is 7.40. The molecule has 6 nitrogen and oxygen atoms in total. The van der Waals surface area contributed by atoms with E-state index in [0.717, 1.165) is 18.2 Å². The molecule has 0 aromatic heterocycles. The minimum absolute atomic E-state index is 0.0157. The van der Waals surface area contributed by atoms with E-state index in [9.17, 15) is 18.4 Å². The van der Waals surface area contributed by atoms with Crippen LogP contribution in [0.1, 0.15) is 10.4 Å². The fourth-order valence-corrected chi connectivity index (χ4v) is 1.78. The second-order valence-electron chi connectivity index (χ2n) is 4.58. The van der Waals surface area contributed by atoms with Gasteiger partial charge in [-0.25, -0.2) is 13.6 Å². The first-order valence-electron chi connectivity index (χ1n) is 6.67. The largest absolute Gasteiger partial charge is 0.493 e. The molecule has 0 aliphatic heterocycles. The van der Waals surface area contributed by atoms with Crippen molar-refractivity contribution in [3.05, 3.63) is 53.6 Å². The molecular formula is C16H13F2NO5. The lowest BCUT2D eigenvalue weighted by Crippen LogP contribution is -2.20. The Morgan fingerprint density at radius 1 is 1.04 bits per heavy atom. The molecule has 0 fully saturated rings. The van der Waals surface area contributed by atoms with Crippen molar-refractivity contribution in [1.29, 1.82) is 0 Å².